The highest BCUT2D eigenvalue weighted by atomic mass is 32.1. The van der Waals surface area contributed by atoms with Crippen molar-refractivity contribution in [1.82, 2.24) is 10.3 Å². The van der Waals surface area contributed by atoms with E-state index in [1.165, 1.54) is 36.4 Å². The van der Waals surface area contributed by atoms with Crippen LogP contribution in [0.15, 0.2) is 5.51 Å². The van der Waals surface area contributed by atoms with E-state index in [0.717, 1.165) is 12.5 Å². The normalized spacial score (nSPS) is 17.3. The Morgan fingerprint density at radius 2 is 2.46 bits per heavy atom. The molecule has 3 heteroatoms. The van der Waals surface area contributed by atoms with Gasteiger partial charge in [0.15, 0.2) is 0 Å². The largest absolute Gasteiger partial charge is 0.312 e. The van der Waals surface area contributed by atoms with Crippen LogP contribution in [0.2, 0.25) is 0 Å². The van der Waals surface area contributed by atoms with Crippen LogP contribution in [-0.2, 0) is 6.54 Å². The summed E-state index contributed by atoms with van der Waals surface area (Å²) in [6, 6.07) is 0. The van der Waals surface area contributed by atoms with Crippen LogP contribution in [0, 0.1) is 12.8 Å². The highest BCUT2D eigenvalue weighted by Gasteiger charge is 2.16. The number of aryl methyl sites for hydroxylation is 1. The summed E-state index contributed by atoms with van der Waals surface area (Å²) in [5.74, 6) is 0.952. The molecule has 1 fully saturated rings. The minimum atomic E-state index is 0.952. The van der Waals surface area contributed by atoms with E-state index in [1.54, 1.807) is 11.3 Å². The maximum Gasteiger partial charge on any atom is 0.0798 e. The Bertz CT molecular complexity index is 266. The molecule has 2 nitrogen and oxygen atoms in total. The van der Waals surface area contributed by atoms with Crippen LogP contribution in [0.1, 0.15) is 29.8 Å². The fraction of sp³-hybridized carbons (Fsp3) is 0.700. The van der Waals surface area contributed by atoms with Crippen LogP contribution in [0.3, 0.4) is 0 Å². The van der Waals surface area contributed by atoms with Crippen molar-refractivity contribution in [2.45, 2.75) is 32.7 Å². The van der Waals surface area contributed by atoms with Crippen molar-refractivity contribution >= 4 is 11.3 Å². The standard InChI is InChI=1S/C10H16N2S/c1-8-10(13-7-12-8)6-11-5-9-3-2-4-9/h7,9,11H,2-6H2,1H3. The molecule has 1 aromatic heterocycles. The first-order valence-corrected chi connectivity index (χ1v) is 5.84. The molecule has 13 heavy (non-hydrogen) atoms. The van der Waals surface area contributed by atoms with E-state index in [2.05, 4.69) is 17.2 Å². The first-order valence-electron chi connectivity index (χ1n) is 4.96. The molecule has 0 amide bonds. The molecule has 0 radical (unpaired) electrons. The summed E-state index contributed by atoms with van der Waals surface area (Å²) in [7, 11) is 0. The summed E-state index contributed by atoms with van der Waals surface area (Å²) < 4.78 is 0. The number of nitrogens with zero attached hydrogens (tertiary/aromatic N) is 1. The molecule has 0 spiro atoms. The molecule has 1 aliphatic rings. The van der Waals surface area contributed by atoms with Gasteiger partial charge in [-0.15, -0.1) is 11.3 Å². The van der Waals surface area contributed by atoms with Crippen LogP contribution in [-0.4, -0.2) is 11.5 Å². The lowest BCUT2D eigenvalue weighted by Gasteiger charge is -2.25. The predicted molar refractivity (Wildman–Crippen MR) is 55.9 cm³/mol. The summed E-state index contributed by atoms with van der Waals surface area (Å²) in [5.41, 5.74) is 3.11. The molecule has 0 aliphatic heterocycles. The summed E-state index contributed by atoms with van der Waals surface area (Å²) in [6.07, 6.45) is 4.29. The van der Waals surface area contributed by atoms with E-state index >= 15 is 0 Å². The van der Waals surface area contributed by atoms with Gasteiger partial charge in [0, 0.05) is 11.4 Å². The van der Waals surface area contributed by atoms with E-state index < -0.39 is 0 Å². The first kappa shape index (κ1) is 9.16. The Kier molecular flexibility index (Phi) is 2.96. The van der Waals surface area contributed by atoms with E-state index in [1.807, 2.05) is 5.51 Å². The van der Waals surface area contributed by atoms with E-state index in [0.29, 0.717) is 0 Å². The Hall–Kier alpha value is -0.410. The van der Waals surface area contributed by atoms with Gasteiger partial charge in [-0.2, -0.15) is 0 Å². The SMILES string of the molecule is Cc1ncsc1CNCC1CCC1. The highest BCUT2D eigenvalue weighted by molar-refractivity contribution is 7.09. The number of rotatable bonds is 4. The maximum atomic E-state index is 4.23. The van der Waals surface area contributed by atoms with Crippen molar-refractivity contribution in [2.75, 3.05) is 6.54 Å². The molecule has 0 unspecified atom stereocenters. The summed E-state index contributed by atoms with van der Waals surface area (Å²) in [6.45, 7) is 4.28. The molecule has 0 aromatic carbocycles. The highest BCUT2D eigenvalue weighted by Crippen LogP contribution is 2.25. The molecule has 1 aromatic rings. The molecule has 0 saturated heterocycles. The average Bonchev–Trinajstić information content (AvgIpc) is 2.42. The number of hydrogen-bond acceptors (Lipinski definition) is 3. The zero-order valence-corrected chi connectivity index (χ0v) is 8.86. The topological polar surface area (TPSA) is 24.9 Å². The summed E-state index contributed by atoms with van der Waals surface area (Å²) in [5, 5.41) is 3.50. The van der Waals surface area contributed by atoms with Gasteiger partial charge in [-0.05, 0) is 32.2 Å². The number of nitrogens with one attached hydrogen (secondary N) is 1. The first-order chi connectivity index (χ1) is 6.36. The molecule has 1 aliphatic carbocycles. The third-order valence-electron chi connectivity index (χ3n) is 2.79. The van der Waals surface area contributed by atoms with Gasteiger partial charge in [0.2, 0.25) is 0 Å². The van der Waals surface area contributed by atoms with Crippen LogP contribution >= 0.6 is 11.3 Å². The van der Waals surface area contributed by atoms with E-state index in [-0.39, 0.29) is 0 Å². The predicted octanol–water partition coefficient (Wildman–Crippen LogP) is 2.34. The molecule has 72 valence electrons. The molecule has 0 atom stereocenters. The van der Waals surface area contributed by atoms with Crippen LogP contribution in [0.5, 0.6) is 0 Å². The molecule has 1 saturated carbocycles. The zero-order valence-electron chi connectivity index (χ0n) is 8.05. The Labute approximate surface area is 83.4 Å². The van der Waals surface area contributed by atoms with Crippen LogP contribution in [0.4, 0.5) is 0 Å². The Morgan fingerprint density at radius 1 is 1.62 bits per heavy atom. The Balaban J connectivity index is 1.70. The van der Waals surface area contributed by atoms with Gasteiger partial charge in [-0.25, -0.2) is 4.98 Å². The fourth-order valence-corrected chi connectivity index (χ4v) is 2.33. The number of thiazole rings is 1. The smallest absolute Gasteiger partial charge is 0.0798 e. The van der Waals surface area contributed by atoms with Crippen molar-refractivity contribution in [1.29, 1.82) is 0 Å². The van der Waals surface area contributed by atoms with Crippen molar-refractivity contribution in [3.63, 3.8) is 0 Å². The third kappa shape index (κ3) is 2.29. The van der Waals surface area contributed by atoms with Crippen LogP contribution in [0.25, 0.3) is 0 Å². The van der Waals surface area contributed by atoms with Crippen molar-refractivity contribution in [3.8, 4) is 0 Å². The lowest BCUT2D eigenvalue weighted by Crippen LogP contribution is -2.26. The van der Waals surface area contributed by atoms with Gasteiger partial charge in [-0.3, -0.25) is 0 Å². The maximum absolute atomic E-state index is 4.23. The fourth-order valence-electron chi connectivity index (χ4n) is 1.58. The van der Waals surface area contributed by atoms with Gasteiger partial charge in [0.1, 0.15) is 0 Å². The second kappa shape index (κ2) is 4.20. The summed E-state index contributed by atoms with van der Waals surface area (Å²) in [4.78, 5) is 5.62. The van der Waals surface area contributed by atoms with Gasteiger partial charge in [0.05, 0.1) is 11.2 Å². The lowest BCUT2D eigenvalue weighted by atomic mass is 9.85. The monoisotopic (exact) mass is 196 g/mol. The van der Waals surface area contributed by atoms with E-state index in [4.69, 9.17) is 0 Å². The third-order valence-corrected chi connectivity index (χ3v) is 3.72. The lowest BCUT2D eigenvalue weighted by molar-refractivity contribution is 0.301. The van der Waals surface area contributed by atoms with E-state index in [9.17, 15) is 0 Å². The van der Waals surface area contributed by atoms with Gasteiger partial charge < -0.3 is 5.32 Å². The van der Waals surface area contributed by atoms with Gasteiger partial charge in [0.25, 0.3) is 0 Å². The minimum Gasteiger partial charge on any atom is -0.312 e. The second-order valence-electron chi connectivity index (χ2n) is 3.79. The number of hydrogen-bond donors (Lipinski definition) is 1. The van der Waals surface area contributed by atoms with Crippen molar-refractivity contribution in [2.24, 2.45) is 5.92 Å². The molecule has 1 N–H and O–H groups in total. The van der Waals surface area contributed by atoms with Crippen molar-refractivity contribution < 1.29 is 0 Å². The van der Waals surface area contributed by atoms with Gasteiger partial charge >= 0.3 is 0 Å². The molecular weight excluding hydrogens is 180 g/mol. The minimum absolute atomic E-state index is 0.952. The quantitative estimate of drug-likeness (QED) is 0.799. The zero-order chi connectivity index (χ0) is 9.10. The average molecular weight is 196 g/mol. The molecular formula is C10H16N2S. The molecule has 0 bridgehead atoms. The van der Waals surface area contributed by atoms with Crippen LogP contribution < -0.4 is 5.32 Å². The second-order valence-corrected chi connectivity index (χ2v) is 4.73. The van der Waals surface area contributed by atoms with Crippen molar-refractivity contribution in [3.05, 3.63) is 16.1 Å². The number of aromatic nitrogens is 1. The molecule has 1 heterocycles. The molecule has 2 rings (SSSR count). The summed E-state index contributed by atoms with van der Waals surface area (Å²) >= 11 is 1.75. The Morgan fingerprint density at radius 3 is 3.00 bits per heavy atom. The van der Waals surface area contributed by atoms with Gasteiger partial charge in [-0.1, -0.05) is 6.42 Å².